The normalized spacial score (nSPS) is 12.9. The lowest BCUT2D eigenvalue weighted by molar-refractivity contribution is -0.167. The molecule has 0 aliphatic rings. The summed E-state index contributed by atoms with van der Waals surface area (Å²) in [6, 6.07) is 0. The lowest BCUT2D eigenvalue weighted by atomic mass is 10.0. The average molecular weight is 1120 g/mol. The second-order valence-corrected chi connectivity index (χ2v) is 22.3. The number of carbonyl (C=O) groups excluding carboxylic acids is 3. The number of hydrogen-bond acceptors (Lipinski definition) is 6. The van der Waals surface area contributed by atoms with Crippen molar-refractivity contribution in [2.75, 3.05) is 13.2 Å². The molecular formula is C75H126O6. The molecule has 0 amide bonds. The van der Waals surface area contributed by atoms with Crippen molar-refractivity contribution < 1.29 is 28.6 Å². The molecule has 0 N–H and O–H groups in total. The van der Waals surface area contributed by atoms with Crippen LogP contribution in [0.1, 0.15) is 316 Å². The van der Waals surface area contributed by atoms with Crippen LogP contribution in [0.15, 0.2) is 122 Å². The van der Waals surface area contributed by atoms with Crippen LogP contribution in [-0.4, -0.2) is 37.2 Å². The molecule has 0 aliphatic carbocycles. The molecule has 0 fully saturated rings. The second kappa shape index (κ2) is 68.3. The fraction of sp³-hybridized carbons (Fsp3) is 0.693. The number of carbonyl (C=O) groups is 3. The number of allylic oxidation sites excluding steroid dienone is 20. The summed E-state index contributed by atoms with van der Waals surface area (Å²) in [5, 5.41) is 0. The van der Waals surface area contributed by atoms with Gasteiger partial charge in [0.15, 0.2) is 6.10 Å². The number of ether oxygens (including phenoxy) is 3. The zero-order valence-electron chi connectivity index (χ0n) is 53.0. The fourth-order valence-corrected chi connectivity index (χ4v) is 9.44. The molecule has 0 saturated heterocycles. The smallest absolute Gasteiger partial charge is 0.306 e. The Morgan fingerprint density at radius 1 is 0.259 bits per heavy atom. The topological polar surface area (TPSA) is 78.9 Å². The predicted octanol–water partition coefficient (Wildman–Crippen LogP) is 23.6. The summed E-state index contributed by atoms with van der Waals surface area (Å²) in [5.41, 5.74) is 0. The fourth-order valence-electron chi connectivity index (χ4n) is 9.44. The average Bonchev–Trinajstić information content (AvgIpc) is 3.46. The molecular weight excluding hydrogens is 997 g/mol. The molecule has 0 rings (SSSR count). The molecule has 0 aliphatic heterocycles. The van der Waals surface area contributed by atoms with Gasteiger partial charge in [0.1, 0.15) is 13.2 Å². The molecule has 0 radical (unpaired) electrons. The van der Waals surface area contributed by atoms with E-state index in [2.05, 4.69) is 142 Å². The van der Waals surface area contributed by atoms with E-state index in [1.807, 2.05) is 0 Å². The van der Waals surface area contributed by atoms with E-state index in [-0.39, 0.29) is 31.1 Å². The van der Waals surface area contributed by atoms with Crippen LogP contribution in [0.2, 0.25) is 0 Å². The lowest BCUT2D eigenvalue weighted by Crippen LogP contribution is -2.30. The van der Waals surface area contributed by atoms with Crippen LogP contribution in [0.5, 0.6) is 0 Å². The Morgan fingerprint density at radius 3 is 0.765 bits per heavy atom. The largest absolute Gasteiger partial charge is 0.462 e. The molecule has 6 heteroatoms. The summed E-state index contributed by atoms with van der Waals surface area (Å²) >= 11 is 0. The highest BCUT2D eigenvalue weighted by Gasteiger charge is 2.19. The van der Waals surface area contributed by atoms with Crippen LogP contribution >= 0.6 is 0 Å². The number of unbranched alkanes of at least 4 members (excludes halogenated alkanes) is 30. The Labute approximate surface area is 501 Å². The van der Waals surface area contributed by atoms with Gasteiger partial charge in [-0.1, -0.05) is 309 Å². The van der Waals surface area contributed by atoms with Crippen molar-refractivity contribution in [2.24, 2.45) is 0 Å². The van der Waals surface area contributed by atoms with E-state index in [0.29, 0.717) is 19.3 Å². The van der Waals surface area contributed by atoms with Crippen molar-refractivity contribution >= 4 is 17.9 Å². The van der Waals surface area contributed by atoms with Gasteiger partial charge < -0.3 is 14.2 Å². The molecule has 81 heavy (non-hydrogen) atoms. The quantitative estimate of drug-likeness (QED) is 0.0261. The molecule has 462 valence electrons. The minimum atomic E-state index is -0.798. The summed E-state index contributed by atoms with van der Waals surface area (Å²) in [4.78, 5) is 38.4. The van der Waals surface area contributed by atoms with E-state index >= 15 is 0 Å². The third-order valence-electron chi connectivity index (χ3n) is 14.5. The predicted molar refractivity (Wildman–Crippen MR) is 353 cm³/mol. The van der Waals surface area contributed by atoms with Crippen LogP contribution in [0.3, 0.4) is 0 Å². The number of rotatable bonds is 61. The highest BCUT2D eigenvalue weighted by atomic mass is 16.6. The van der Waals surface area contributed by atoms with Crippen molar-refractivity contribution in [1.82, 2.24) is 0 Å². The van der Waals surface area contributed by atoms with Gasteiger partial charge in [-0.2, -0.15) is 0 Å². The van der Waals surface area contributed by atoms with Gasteiger partial charge in [0, 0.05) is 19.3 Å². The van der Waals surface area contributed by atoms with E-state index in [9.17, 15) is 14.4 Å². The van der Waals surface area contributed by atoms with E-state index in [0.717, 1.165) is 135 Å². The van der Waals surface area contributed by atoms with Crippen LogP contribution in [0, 0.1) is 0 Å². The standard InChI is InChI=1S/C75H126O6/c1-4-7-10-13-16-19-22-25-27-29-31-33-34-35-36-37-38-39-40-42-43-45-47-50-53-56-59-62-65-68-74(77)80-71-72(70-79-73(76)67-64-61-58-55-52-49-24-21-18-15-12-9-6-3)81-75(78)69-66-63-60-57-54-51-48-46-44-41-32-30-28-26-23-20-17-14-11-8-5-2/h7,9-10,12,16,18-19,21,25,27,31,33,35-36,38-39,42-43,49,52,72H,4-6,8,11,13-15,17,20,22-24,26,28-30,32,34,37,40-41,44-48,50-51,53-71H2,1-3H3/b10-7-,12-9-,19-16-,21-18-,27-25-,33-31-,36-35-,39-38-,43-42-,52-49-. The van der Waals surface area contributed by atoms with E-state index in [1.165, 1.54) is 141 Å². The van der Waals surface area contributed by atoms with Crippen LogP contribution in [0.25, 0.3) is 0 Å². The zero-order chi connectivity index (χ0) is 58.5. The first-order valence-corrected chi connectivity index (χ1v) is 34.0. The highest BCUT2D eigenvalue weighted by Crippen LogP contribution is 2.17. The highest BCUT2D eigenvalue weighted by molar-refractivity contribution is 5.71. The molecule has 0 saturated carbocycles. The van der Waals surface area contributed by atoms with Crippen LogP contribution in [-0.2, 0) is 28.6 Å². The van der Waals surface area contributed by atoms with Gasteiger partial charge in [-0.3, -0.25) is 14.4 Å². The first-order chi connectivity index (χ1) is 40.0. The molecule has 0 aromatic rings. The molecule has 0 bridgehead atoms. The van der Waals surface area contributed by atoms with Crippen LogP contribution in [0.4, 0.5) is 0 Å². The maximum Gasteiger partial charge on any atom is 0.306 e. The maximum absolute atomic E-state index is 12.9. The van der Waals surface area contributed by atoms with Crippen molar-refractivity contribution in [3.8, 4) is 0 Å². The molecule has 6 nitrogen and oxygen atoms in total. The van der Waals surface area contributed by atoms with Gasteiger partial charge in [0.05, 0.1) is 0 Å². The molecule has 1 unspecified atom stereocenters. The monoisotopic (exact) mass is 1120 g/mol. The van der Waals surface area contributed by atoms with Gasteiger partial charge in [-0.25, -0.2) is 0 Å². The van der Waals surface area contributed by atoms with Crippen molar-refractivity contribution in [1.29, 1.82) is 0 Å². The third-order valence-corrected chi connectivity index (χ3v) is 14.5. The Kier molecular flexibility index (Phi) is 64.8. The lowest BCUT2D eigenvalue weighted by Gasteiger charge is -2.18. The van der Waals surface area contributed by atoms with Gasteiger partial charge >= 0.3 is 17.9 Å². The summed E-state index contributed by atoms with van der Waals surface area (Å²) in [6.45, 7) is 6.41. The third kappa shape index (κ3) is 66.5. The van der Waals surface area contributed by atoms with Crippen molar-refractivity contribution in [2.45, 2.75) is 322 Å². The minimum Gasteiger partial charge on any atom is -0.462 e. The zero-order valence-corrected chi connectivity index (χ0v) is 53.0. The van der Waals surface area contributed by atoms with Gasteiger partial charge in [-0.15, -0.1) is 0 Å². The first kappa shape index (κ1) is 76.8. The Morgan fingerprint density at radius 2 is 0.481 bits per heavy atom. The molecule has 0 heterocycles. The van der Waals surface area contributed by atoms with Crippen molar-refractivity contribution in [3.63, 3.8) is 0 Å². The van der Waals surface area contributed by atoms with E-state index < -0.39 is 6.10 Å². The van der Waals surface area contributed by atoms with Crippen LogP contribution < -0.4 is 0 Å². The number of hydrogen-bond donors (Lipinski definition) is 0. The summed E-state index contributed by atoms with van der Waals surface area (Å²) in [5.74, 6) is -0.923. The van der Waals surface area contributed by atoms with Gasteiger partial charge in [0.25, 0.3) is 0 Å². The molecule has 0 aromatic carbocycles. The van der Waals surface area contributed by atoms with Gasteiger partial charge in [0.2, 0.25) is 0 Å². The SMILES string of the molecule is CC/C=C\C/C=C\C/C=C\C/C=C\C/C=C\C/C=C\C/C=C\CCCCCCCCCC(=O)OCC(COC(=O)CCCCC/C=C\C/C=C\C/C=C\CC)OC(=O)CCCCCCCCCCCCCCCCCCCCCCC. The summed E-state index contributed by atoms with van der Waals surface area (Å²) in [7, 11) is 0. The second-order valence-electron chi connectivity index (χ2n) is 22.3. The minimum absolute atomic E-state index is 0.0933. The first-order valence-electron chi connectivity index (χ1n) is 34.0. The molecule has 1 atom stereocenters. The summed E-state index contributed by atoms with van der Waals surface area (Å²) < 4.78 is 16.9. The van der Waals surface area contributed by atoms with Crippen molar-refractivity contribution in [3.05, 3.63) is 122 Å². The number of esters is 3. The maximum atomic E-state index is 12.9. The van der Waals surface area contributed by atoms with Gasteiger partial charge in [-0.05, 0) is 109 Å². The Hall–Kier alpha value is -4.19. The Balaban J connectivity index is 4.34. The van der Waals surface area contributed by atoms with E-state index in [4.69, 9.17) is 14.2 Å². The molecule has 0 aromatic heterocycles. The Bertz CT molecular complexity index is 1670. The molecule has 0 spiro atoms. The summed E-state index contributed by atoms with van der Waals surface area (Å²) in [6.07, 6.45) is 95.1. The van der Waals surface area contributed by atoms with E-state index in [1.54, 1.807) is 0 Å².